The minimum atomic E-state index is -4.46. The third-order valence-electron chi connectivity index (χ3n) is 4.42. The predicted octanol–water partition coefficient (Wildman–Crippen LogP) is 2.92. The summed E-state index contributed by atoms with van der Waals surface area (Å²) in [5.41, 5.74) is -0.121. The lowest BCUT2D eigenvalue weighted by atomic mass is 9.96. The zero-order chi connectivity index (χ0) is 17.4. The van der Waals surface area contributed by atoms with Gasteiger partial charge in [0.1, 0.15) is 11.5 Å². The summed E-state index contributed by atoms with van der Waals surface area (Å²) in [4.78, 5) is 9.44. The summed E-state index contributed by atoms with van der Waals surface area (Å²) in [7, 11) is 0. The first-order valence-corrected chi connectivity index (χ1v) is 7.97. The van der Waals surface area contributed by atoms with E-state index >= 15 is 0 Å². The number of halogens is 3. The molecular formula is C16H15F3N6. The van der Waals surface area contributed by atoms with Gasteiger partial charge in [-0.3, -0.25) is 4.40 Å². The van der Waals surface area contributed by atoms with E-state index in [-0.39, 0.29) is 11.9 Å². The Morgan fingerprint density at radius 1 is 1.04 bits per heavy atom. The molecule has 1 fully saturated rings. The molecule has 0 aliphatic carbocycles. The standard InChI is InChI=1S/C16H15F3N6/c17-16(18,19)12-4-7-20-15(21-12)24-9-5-11(6-10-24)14-23-22-13-3-1-2-8-25(13)14/h1-4,7-8,11H,5-6,9-10H2. The third-order valence-corrected chi connectivity index (χ3v) is 4.42. The van der Waals surface area contributed by atoms with E-state index in [1.165, 1.54) is 0 Å². The molecular weight excluding hydrogens is 333 g/mol. The lowest BCUT2D eigenvalue weighted by Crippen LogP contribution is -2.35. The molecule has 25 heavy (non-hydrogen) atoms. The maximum atomic E-state index is 12.8. The lowest BCUT2D eigenvalue weighted by Gasteiger charge is -2.31. The SMILES string of the molecule is FC(F)(F)c1ccnc(N2CCC(c3nnc4ccccn34)CC2)n1. The summed E-state index contributed by atoms with van der Waals surface area (Å²) in [5.74, 6) is 1.22. The van der Waals surface area contributed by atoms with Gasteiger partial charge in [0.2, 0.25) is 5.95 Å². The number of fused-ring (bicyclic) bond motifs is 1. The van der Waals surface area contributed by atoms with Crippen molar-refractivity contribution in [3.63, 3.8) is 0 Å². The van der Waals surface area contributed by atoms with Crippen molar-refractivity contribution >= 4 is 11.6 Å². The van der Waals surface area contributed by atoms with Crippen LogP contribution in [0.1, 0.15) is 30.3 Å². The van der Waals surface area contributed by atoms with Crippen molar-refractivity contribution in [1.82, 2.24) is 24.6 Å². The van der Waals surface area contributed by atoms with Crippen LogP contribution in [0.4, 0.5) is 19.1 Å². The first kappa shape index (κ1) is 15.8. The Morgan fingerprint density at radius 3 is 2.60 bits per heavy atom. The van der Waals surface area contributed by atoms with E-state index in [1.807, 2.05) is 28.8 Å². The Bertz CT molecular complexity index is 883. The number of hydrogen-bond acceptors (Lipinski definition) is 5. The van der Waals surface area contributed by atoms with Crippen LogP contribution in [-0.2, 0) is 6.18 Å². The van der Waals surface area contributed by atoms with Gasteiger partial charge < -0.3 is 4.90 Å². The number of nitrogens with zero attached hydrogens (tertiary/aromatic N) is 6. The van der Waals surface area contributed by atoms with Crippen LogP contribution < -0.4 is 4.90 Å². The molecule has 0 spiro atoms. The van der Waals surface area contributed by atoms with Crippen LogP contribution in [0.15, 0.2) is 36.7 Å². The van der Waals surface area contributed by atoms with E-state index in [4.69, 9.17) is 0 Å². The summed E-state index contributed by atoms with van der Waals surface area (Å²) < 4.78 is 40.4. The monoisotopic (exact) mass is 348 g/mol. The molecule has 4 heterocycles. The summed E-state index contributed by atoms with van der Waals surface area (Å²) in [6.45, 7) is 1.15. The molecule has 0 radical (unpaired) electrons. The topological polar surface area (TPSA) is 59.2 Å². The minimum Gasteiger partial charge on any atom is -0.341 e. The van der Waals surface area contributed by atoms with E-state index in [0.29, 0.717) is 13.1 Å². The molecule has 0 N–H and O–H groups in total. The van der Waals surface area contributed by atoms with Gasteiger partial charge in [-0.15, -0.1) is 10.2 Å². The van der Waals surface area contributed by atoms with E-state index in [0.717, 1.165) is 36.6 Å². The van der Waals surface area contributed by atoms with Crippen LogP contribution in [-0.4, -0.2) is 37.7 Å². The molecule has 9 heteroatoms. The van der Waals surface area contributed by atoms with Gasteiger partial charge in [-0.05, 0) is 31.0 Å². The first-order valence-electron chi connectivity index (χ1n) is 7.97. The highest BCUT2D eigenvalue weighted by Crippen LogP contribution is 2.31. The fourth-order valence-corrected chi connectivity index (χ4v) is 3.13. The number of anilines is 1. The molecule has 0 amide bonds. The number of alkyl halides is 3. The van der Waals surface area contributed by atoms with Gasteiger partial charge in [0.15, 0.2) is 5.65 Å². The second kappa shape index (κ2) is 5.98. The Kier molecular flexibility index (Phi) is 3.78. The highest BCUT2D eigenvalue weighted by Gasteiger charge is 2.34. The molecule has 3 aromatic rings. The zero-order valence-electron chi connectivity index (χ0n) is 13.2. The summed E-state index contributed by atoms with van der Waals surface area (Å²) in [5, 5.41) is 8.44. The smallest absolute Gasteiger partial charge is 0.341 e. The van der Waals surface area contributed by atoms with Gasteiger partial charge >= 0.3 is 6.18 Å². The quantitative estimate of drug-likeness (QED) is 0.713. The maximum absolute atomic E-state index is 12.8. The number of pyridine rings is 1. The molecule has 4 rings (SSSR count). The van der Waals surface area contributed by atoms with Gasteiger partial charge in [-0.25, -0.2) is 9.97 Å². The van der Waals surface area contributed by atoms with Crippen molar-refractivity contribution in [1.29, 1.82) is 0 Å². The Balaban J connectivity index is 1.50. The highest BCUT2D eigenvalue weighted by atomic mass is 19.4. The van der Waals surface area contributed by atoms with Crippen LogP contribution in [0.25, 0.3) is 5.65 Å². The number of aromatic nitrogens is 5. The molecule has 6 nitrogen and oxygen atoms in total. The van der Waals surface area contributed by atoms with Crippen LogP contribution >= 0.6 is 0 Å². The Hall–Kier alpha value is -2.71. The van der Waals surface area contributed by atoms with Crippen LogP contribution in [0, 0.1) is 0 Å². The maximum Gasteiger partial charge on any atom is 0.433 e. The number of rotatable bonds is 2. The molecule has 1 aliphatic rings. The van der Waals surface area contributed by atoms with Gasteiger partial charge in [-0.1, -0.05) is 6.07 Å². The van der Waals surface area contributed by atoms with Gasteiger partial charge in [0, 0.05) is 31.4 Å². The van der Waals surface area contributed by atoms with Crippen molar-refractivity contribution in [2.45, 2.75) is 24.9 Å². The summed E-state index contributed by atoms with van der Waals surface area (Å²) >= 11 is 0. The van der Waals surface area contributed by atoms with Gasteiger partial charge in [0.25, 0.3) is 0 Å². The van der Waals surface area contributed by atoms with E-state index in [9.17, 15) is 13.2 Å². The largest absolute Gasteiger partial charge is 0.433 e. The van der Waals surface area contributed by atoms with Crippen LogP contribution in [0.3, 0.4) is 0 Å². The predicted molar refractivity (Wildman–Crippen MR) is 84.2 cm³/mol. The molecule has 0 saturated carbocycles. The molecule has 0 unspecified atom stereocenters. The fourth-order valence-electron chi connectivity index (χ4n) is 3.13. The third kappa shape index (κ3) is 3.01. The molecule has 0 bridgehead atoms. The van der Waals surface area contributed by atoms with Crippen molar-refractivity contribution in [3.8, 4) is 0 Å². The van der Waals surface area contributed by atoms with E-state index in [1.54, 1.807) is 4.90 Å². The summed E-state index contributed by atoms with van der Waals surface area (Å²) in [6, 6.07) is 6.60. The first-order chi connectivity index (χ1) is 12.0. The molecule has 3 aromatic heterocycles. The van der Waals surface area contributed by atoms with Crippen molar-refractivity contribution in [2.24, 2.45) is 0 Å². The van der Waals surface area contributed by atoms with Gasteiger partial charge in [-0.2, -0.15) is 13.2 Å². The van der Waals surface area contributed by atoms with Crippen LogP contribution in [0.5, 0.6) is 0 Å². The Morgan fingerprint density at radius 2 is 1.84 bits per heavy atom. The average molecular weight is 348 g/mol. The molecule has 0 atom stereocenters. The lowest BCUT2D eigenvalue weighted by molar-refractivity contribution is -0.141. The molecule has 1 saturated heterocycles. The second-order valence-corrected chi connectivity index (χ2v) is 5.99. The second-order valence-electron chi connectivity index (χ2n) is 5.99. The van der Waals surface area contributed by atoms with Gasteiger partial charge in [0.05, 0.1) is 0 Å². The van der Waals surface area contributed by atoms with Crippen molar-refractivity contribution < 1.29 is 13.2 Å². The molecule has 1 aliphatic heterocycles. The highest BCUT2D eigenvalue weighted by molar-refractivity contribution is 5.38. The molecule has 0 aromatic carbocycles. The fraction of sp³-hybridized carbons (Fsp3) is 0.375. The minimum absolute atomic E-state index is 0.124. The number of hydrogen-bond donors (Lipinski definition) is 0. The van der Waals surface area contributed by atoms with Crippen LogP contribution in [0.2, 0.25) is 0 Å². The summed E-state index contributed by atoms with van der Waals surface area (Å²) in [6.07, 6.45) is 0.136. The number of piperidine rings is 1. The average Bonchev–Trinajstić information content (AvgIpc) is 3.05. The van der Waals surface area contributed by atoms with E-state index in [2.05, 4.69) is 20.2 Å². The Labute approximate surface area is 141 Å². The van der Waals surface area contributed by atoms with Crippen molar-refractivity contribution in [2.75, 3.05) is 18.0 Å². The van der Waals surface area contributed by atoms with E-state index < -0.39 is 11.9 Å². The zero-order valence-corrected chi connectivity index (χ0v) is 13.2. The molecule has 130 valence electrons. The normalized spacial score (nSPS) is 16.5. The van der Waals surface area contributed by atoms with Crippen molar-refractivity contribution in [3.05, 3.63) is 48.2 Å².